The molecule has 0 unspecified atom stereocenters. The zero-order valence-corrected chi connectivity index (χ0v) is 13.9. The first kappa shape index (κ1) is 15.8. The first-order valence-corrected chi connectivity index (χ1v) is 8.56. The summed E-state index contributed by atoms with van der Waals surface area (Å²) >= 11 is 1.58. The van der Waals surface area contributed by atoms with Gasteiger partial charge in [-0.1, -0.05) is 36.0 Å². The van der Waals surface area contributed by atoms with E-state index in [4.69, 9.17) is 4.74 Å². The summed E-state index contributed by atoms with van der Waals surface area (Å²) in [4.78, 5) is 11.8. The van der Waals surface area contributed by atoms with Crippen LogP contribution in [0.15, 0.2) is 42.1 Å². The number of rotatable bonds is 7. The quantitative estimate of drug-likeness (QED) is 0.442. The Bertz CT molecular complexity index is 722. The van der Waals surface area contributed by atoms with E-state index in [2.05, 4.69) is 21.3 Å². The van der Waals surface area contributed by atoms with Gasteiger partial charge in [-0.2, -0.15) is 0 Å². The molecule has 1 saturated carbocycles. The minimum Gasteiger partial charge on any atom is -0.465 e. The Morgan fingerprint density at radius 3 is 2.91 bits per heavy atom. The van der Waals surface area contributed by atoms with Crippen LogP contribution in [0.4, 0.5) is 0 Å². The van der Waals surface area contributed by atoms with Crippen molar-refractivity contribution >= 4 is 17.7 Å². The minimum atomic E-state index is -0.313. The van der Waals surface area contributed by atoms with Gasteiger partial charge in [0.2, 0.25) is 0 Å². The highest BCUT2D eigenvalue weighted by atomic mass is 32.2. The zero-order valence-electron chi connectivity index (χ0n) is 13.1. The molecule has 0 saturated heterocycles. The molecule has 0 amide bonds. The molecule has 0 atom stereocenters. The maximum Gasteiger partial charge on any atom is 0.338 e. The van der Waals surface area contributed by atoms with Crippen molar-refractivity contribution in [3.05, 3.63) is 53.9 Å². The van der Waals surface area contributed by atoms with Crippen molar-refractivity contribution in [1.29, 1.82) is 0 Å². The summed E-state index contributed by atoms with van der Waals surface area (Å²) < 4.78 is 6.96. The normalized spacial score (nSPS) is 13.8. The fraction of sp³-hybridized carbons (Fsp3) is 0.353. The molecular weight excluding hydrogens is 310 g/mol. The molecule has 0 spiro atoms. The number of allylic oxidation sites excluding steroid dienone is 1. The van der Waals surface area contributed by atoms with Crippen LogP contribution in [-0.4, -0.2) is 27.8 Å². The second-order valence-electron chi connectivity index (χ2n) is 5.45. The Balaban J connectivity index is 1.79. The van der Waals surface area contributed by atoms with Crippen molar-refractivity contribution in [2.24, 2.45) is 0 Å². The van der Waals surface area contributed by atoms with Crippen molar-refractivity contribution in [2.75, 3.05) is 7.11 Å². The Morgan fingerprint density at radius 1 is 1.43 bits per heavy atom. The third-order valence-electron chi connectivity index (χ3n) is 3.78. The Hall–Kier alpha value is -2.08. The van der Waals surface area contributed by atoms with Crippen LogP contribution in [0.3, 0.4) is 0 Å². The van der Waals surface area contributed by atoms with Gasteiger partial charge in [0, 0.05) is 18.2 Å². The smallest absolute Gasteiger partial charge is 0.338 e. The lowest BCUT2D eigenvalue weighted by molar-refractivity contribution is 0.0600. The summed E-state index contributed by atoms with van der Waals surface area (Å²) in [6, 6.07) is 7.49. The number of methoxy groups -OCH3 is 1. The van der Waals surface area contributed by atoms with Crippen molar-refractivity contribution in [3.63, 3.8) is 0 Å². The fourth-order valence-corrected chi connectivity index (χ4v) is 3.41. The van der Waals surface area contributed by atoms with E-state index < -0.39 is 0 Å². The fourth-order valence-electron chi connectivity index (χ4n) is 2.45. The summed E-state index contributed by atoms with van der Waals surface area (Å²) in [5.41, 5.74) is 1.53. The number of ether oxygens (including phenoxy) is 1. The molecule has 0 bridgehead atoms. The second kappa shape index (κ2) is 7.00. The predicted octanol–water partition coefficient (Wildman–Crippen LogP) is 3.42. The van der Waals surface area contributed by atoms with E-state index >= 15 is 0 Å². The number of hydrogen-bond donors (Lipinski definition) is 0. The highest BCUT2D eigenvalue weighted by molar-refractivity contribution is 7.98. The molecule has 3 rings (SSSR count). The standard InChI is InChI=1S/C17H19N3O2S/c1-3-10-20-15(12-8-9-12)18-19-17(20)23-11-13-6-4-5-7-14(13)16(21)22-2/h3-7,12H,1,8-11H2,2H3. The first-order valence-electron chi connectivity index (χ1n) is 7.57. The Kier molecular flexibility index (Phi) is 4.81. The lowest BCUT2D eigenvalue weighted by Gasteiger charge is -2.09. The van der Waals surface area contributed by atoms with Gasteiger partial charge in [0.15, 0.2) is 5.16 Å². The molecule has 23 heavy (non-hydrogen) atoms. The van der Waals surface area contributed by atoms with Crippen LogP contribution in [0, 0.1) is 0 Å². The molecule has 1 aliphatic rings. The monoisotopic (exact) mass is 329 g/mol. The first-order chi connectivity index (χ1) is 11.2. The van der Waals surface area contributed by atoms with Gasteiger partial charge in [-0.25, -0.2) is 4.79 Å². The van der Waals surface area contributed by atoms with Crippen LogP contribution in [0.2, 0.25) is 0 Å². The van der Waals surface area contributed by atoms with Gasteiger partial charge < -0.3 is 9.30 Å². The number of thioether (sulfide) groups is 1. The predicted molar refractivity (Wildman–Crippen MR) is 89.5 cm³/mol. The zero-order chi connectivity index (χ0) is 16.2. The number of benzene rings is 1. The van der Waals surface area contributed by atoms with E-state index in [1.54, 1.807) is 17.8 Å². The maximum atomic E-state index is 11.8. The van der Waals surface area contributed by atoms with Gasteiger partial charge in [-0.05, 0) is 24.5 Å². The Labute approximate surface area is 139 Å². The van der Waals surface area contributed by atoms with Crippen LogP contribution >= 0.6 is 11.8 Å². The third-order valence-corrected chi connectivity index (χ3v) is 4.79. The van der Waals surface area contributed by atoms with Crippen molar-refractivity contribution in [3.8, 4) is 0 Å². The van der Waals surface area contributed by atoms with Gasteiger partial charge >= 0.3 is 5.97 Å². The number of nitrogens with zero attached hydrogens (tertiary/aromatic N) is 3. The van der Waals surface area contributed by atoms with Crippen molar-refractivity contribution < 1.29 is 9.53 Å². The molecule has 1 heterocycles. The molecule has 1 fully saturated rings. The molecule has 2 aromatic rings. The lowest BCUT2D eigenvalue weighted by Crippen LogP contribution is -2.06. The molecule has 1 aromatic heterocycles. The van der Waals surface area contributed by atoms with Gasteiger partial charge in [0.1, 0.15) is 5.82 Å². The molecule has 1 aliphatic carbocycles. The number of carbonyl (C=O) groups excluding carboxylic acids is 1. The molecule has 0 radical (unpaired) electrons. The summed E-state index contributed by atoms with van der Waals surface area (Å²) in [7, 11) is 1.40. The van der Waals surface area contributed by atoms with Crippen LogP contribution in [0.25, 0.3) is 0 Å². The van der Waals surface area contributed by atoms with Crippen LogP contribution in [-0.2, 0) is 17.0 Å². The van der Waals surface area contributed by atoms with Crippen molar-refractivity contribution in [2.45, 2.75) is 36.2 Å². The SMILES string of the molecule is C=CCn1c(SCc2ccccc2C(=O)OC)nnc1C1CC1. The molecule has 0 N–H and O–H groups in total. The van der Waals surface area contributed by atoms with E-state index in [1.165, 1.54) is 20.0 Å². The molecule has 5 nitrogen and oxygen atoms in total. The Morgan fingerprint density at radius 2 is 2.22 bits per heavy atom. The summed E-state index contributed by atoms with van der Waals surface area (Å²) in [6.45, 7) is 4.53. The molecule has 0 aliphatic heterocycles. The van der Waals surface area contributed by atoms with Crippen molar-refractivity contribution in [1.82, 2.24) is 14.8 Å². The summed E-state index contributed by atoms with van der Waals surface area (Å²) in [5.74, 6) is 1.92. The van der Waals surface area contributed by atoms with Crippen LogP contribution in [0.1, 0.15) is 40.5 Å². The van der Waals surface area contributed by atoms with Gasteiger partial charge in [-0.3, -0.25) is 0 Å². The van der Waals surface area contributed by atoms with Gasteiger partial charge in [0.25, 0.3) is 0 Å². The van der Waals surface area contributed by atoms with E-state index in [0.29, 0.717) is 23.8 Å². The molecule has 6 heteroatoms. The number of aromatic nitrogens is 3. The highest BCUT2D eigenvalue weighted by Gasteiger charge is 2.30. The summed E-state index contributed by atoms with van der Waals surface area (Å²) in [5, 5.41) is 9.52. The van der Waals surface area contributed by atoms with E-state index in [1.807, 2.05) is 24.3 Å². The largest absolute Gasteiger partial charge is 0.465 e. The summed E-state index contributed by atoms with van der Waals surface area (Å²) in [6.07, 6.45) is 4.23. The molecule has 120 valence electrons. The van der Waals surface area contributed by atoms with Crippen LogP contribution in [0.5, 0.6) is 0 Å². The number of hydrogen-bond acceptors (Lipinski definition) is 5. The van der Waals surface area contributed by atoms with E-state index in [9.17, 15) is 4.79 Å². The van der Waals surface area contributed by atoms with Gasteiger partial charge in [-0.15, -0.1) is 16.8 Å². The average Bonchev–Trinajstić information content (AvgIpc) is 3.35. The lowest BCUT2D eigenvalue weighted by atomic mass is 10.1. The topological polar surface area (TPSA) is 57.0 Å². The number of esters is 1. The van der Waals surface area contributed by atoms with Gasteiger partial charge in [0.05, 0.1) is 12.7 Å². The third kappa shape index (κ3) is 3.47. The maximum absolute atomic E-state index is 11.8. The minimum absolute atomic E-state index is 0.313. The number of carbonyl (C=O) groups is 1. The molecular formula is C17H19N3O2S. The average molecular weight is 329 g/mol. The molecule has 1 aromatic carbocycles. The van der Waals surface area contributed by atoms with E-state index in [-0.39, 0.29) is 5.97 Å². The highest BCUT2D eigenvalue weighted by Crippen LogP contribution is 2.40. The van der Waals surface area contributed by atoms with Crippen LogP contribution < -0.4 is 0 Å². The van der Waals surface area contributed by atoms with E-state index in [0.717, 1.165) is 16.5 Å². The second-order valence-corrected chi connectivity index (χ2v) is 6.39.